The molecule has 0 aliphatic carbocycles. The van der Waals surface area contributed by atoms with Gasteiger partial charge in [-0.2, -0.15) is 10.2 Å². The van der Waals surface area contributed by atoms with Crippen LogP contribution in [0.3, 0.4) is 0 Å². The monoisotopic (exact) mass is 576 g/mol. The number of esters is 1. The lowest BCUT2D eigenvalue weighted by Gasteiger charge is -2.37. The van der Waals surface area contributed by atoms with Crippen LogP contribution < -0.4 is 15.1 Å². The summed E-state index contributed by atoms with van der Waals surface area (Å²) in [5.74, 6) is 0.00673. The summed E-state index contributed by atoms with van der Waals surface area (Å²) in [5.41, 5.74) is 5.02. The van der Waals surface area contributed by atoms with Gasteiger partial charge in [-0.15, -0.1) is 11.3 Å². The number of piperidine rings is 1. The van der Waals surface area contributed by atoms with Crippen LogP contribution in [-0.2, 0) is 9.53 Å². The zero-order valence-electron chi connectivity index (χ0n) is 24.5. The second-order valence-electron chi connectivity index (χ2n) is 12.0. The fourth-order valence-electron chi connectivity index (χ4n) is 5.83. The highest BCUT2D eigenvalue weighted by molar-refractivity contribution is 7.13. The highest BCUT2D eigenvalue weighted by Gasteiger charge is 2.28. The van der Waals surface area contributed by atoms with Crippen molar-refractivity contribution in [2.75, 3.05) is 41.3 Å². The summed E-state index contributed by atoms with van der Waals surface area (Å²) in [6.45, 7) is 11.7. The molecule has 1 aromatic carbocycles. The molecule has 2 fully saturated rings. The normalized spacial score (nSPS) is 17.5. The van der Waals surface area contributed by atoms with E-state index in [2.05, 4.69) is 43.3 Å². The Kier molecular flexibility index (Phi) is 8.87. The van der Waals surface area contributed by atoms with Gasteiger partial charge in [0.25, 0.3) is 5.91 Å². The van der Waals surface area contributed by atoms with E-state index < -0.39 is 5.60 Å². The van der Waals surface area contributed by atoms with E-state index in [0.717, 1.165) is 67.4 Å². The van der Waals surface area contributed by atoms with Gasteiger partial charge in [0.05, 0.1) is 23.8 Å². The molecule has 1 N–H and O–H groups in total. The maximum atomic E-state index is 13.4. The average Bonchev–Trinajstić information content (AvgIpc) is 3.65. The lowest BCUT2D eigenvalue weighted by Crippen LogP contribution is -2.37. The molecule has 218 valence electrons. The molecule has 5 rings (SSSR count). The number of carbonyl (C=O) groups excluding carboxylic acids is 2. The van der Waals surface area contributed by atoms with E-state index in [9.17, 15) is 9.59 Å². The van der Waals surface area contributed by atoms with Crippen molar-refractivity contribution < 1.29 is 14.3 Å². The van der Waals surface area contributed by atoms with E-state index in [-0.39, 0.29) is 11.9 Å². The first-order valence-electron chi connectivity index (χ1n) is 14.6. The molecular formula is C31H40N6O3S. The standard InChI is InChI=1S/C31H40N6O3S/c1-21-26(36-15-5-6-16-36)11-10-24(34-29(39)25-20-41-30(35-25)23-13-14-32-33-18-23)28(21)37-17-7-8-22(19-37)9-12-27(38)40-31(2,3)4/h10-11,13-14,18,20,22H,5-9,12,15-17,19H2,1-4H3,(H,34,39)/t22-/m0/s1. The van der Waals surface area contributed by atoms with Gasteiger partial charge < -0.3 is 19.9 Å². The molecule has 3 aromatic rings. The predicted octanol–water partition coefficient (Wildman–Crippen LogP) is 6.10. The molecule has 4 heterocycles. The zero-order chi connectivity index (χ0) is 29.0. The summed E-state index contributed by atoms with van der Waals surface area (Å²) in [5, 5.41) is 13.4. The Morgan fingerprint density at radius 2 is 1.85 bits per heavy atom. The topological polar surface area (TPSA) is 101 Å². The molecule has 2 aliphatic heterocycles. The lowest BCUT2D eigenvalue weighted by atomic mass is 9.92. The van der Waals surface area contributed by atoms with Crippen molar-refractivity contribution in [1.29, 1.82) is 0 Å². The average molecular weight is 577 g/mol. The van der Waals surface area contributed by atoms with E-state index in [0.29, 0.717) is 18.0 Å². The molecule has 1 amide bonds. The molecule has 0 unspecified atom stereocenters. The van der Waals surface area contributed by atoms with Gasteiger partial charge in [0.1, 0.15) is 16.3 Å². The first-order chi connectivity index (χ1) is 19.7. The van der Waals surface area contributed by atoms with Crippen molar-refractivity contribution in [2.24, 2.45) is 5.92 Å². The van der Waals surface area contributed by atoms with Crippen LogP contribution in [0.4, 0.5) is 17.1 Å². The number of amides is 1. The Balaban J connectivity index is 1.37. The minimum atomic E-state index is -0.469. The second-order valence-corrected chi connectivity index (χ2v) is 12.9. The van der Waals surface area contributed by atoms with Crippen LogP contribution >= 0.6 is 11.3 Å². The first-order valence-corrected chi connectivity index (χ1v) is 15.5. The summed E-state index contributed by atoms with van der Waals surface area (Å²) < 4.78 is 5.55. The Labute approximate surface area is 246 Å². The van der Waals surface area contributed by atoms with Crippen LogP contribution in [0.15, 0.2) is 36.0 Å². The molecule has 0 spiro atoms. The lowest BCUT2D eigenvalue weighted by molar-refractivity contribution is -0.155. The van der Waals surface area contributed by atoms with Crippen LogP contribution in [0.5, 0.6) is 0 Å². The van der Waals surface area contributed by atoms with Crippen LogP contribution in [0.1, 0.15) is 75.3 Å². The summed E-state index contributed by atoms with van der Waals surface area (Å²) in [6, 6.07) is 6.01. The van der Waals surface area contributed by atoms with Crippen LogP contribution in [0.2, 0.25) is 0 Å². The number of hydrogen-bond acceptors (Lipinski definition) is 9. The SMILES string of the molecule is Cc1c(N2CCCC2)ccc(NC(=O)c2csc(-c3ccnnc3)n2)c1N1CCC[C@@H](CCC(=O)OC(C)(C)C)C1. The number of hydrogen-bond donors (Lipinski definition) is 1. The van der Waals surface area contributed by atoms with Crippen molar-refractivity contribution in [3.63, 3.8) is 0 Å². The fraction of sp³-hybridized carbons (Fsp3) is 0.516. The fourth-order valence-corrected chi connectivity index (χ4v) is 6.62. The maximum absolute atomic E-state index is 13.4. The van der Waals surface area contributed by atoms with Crippen LogP contribution in [-0.4, -0.2) is 58.8 Å². The number of ether oxygens (including phenoxy) is 1. The molecule has 10 heteroatoms. The molecule has 0 saturated carbocycles. The molecule has 2 aromatic heterocycles. The molecule has 9 nitrogen and oxygen atoms in total. The van der Waals surface area contributed by atoms with Gasteiger partial charge in [0.2, 0.25) is 0 Å². The van der Waals surface area contributed by atoms with E-state index in [4.69, 9.17) is 4.74 Å². The molecular weight excluding hydrogens is 536 g/mol. The van der Waals surface area contributed by atoms with Crippen molar-refractivity contribution in [3.05, 3.63) is 47.2 Å². The third-order valence-electron chi connectivity index (χ3n) is 7.68. The molecule has 0 radical (unpaired) electrons. The highest BCUT2D eigenvalue weighted by Crippen LogP contribution is 2.40. The first kappa shape index (κ1) is 29.0. The highest BCUT2D eigenvalue weighted by atomic mass is 32.1. The molecule has 2 saturated heterocycles. The minimum absolute atomic E-state index is 0.139. The van der Waals surface area contributed by atoms with Crippen molar-refractivity contribution >= 4 is 40.3 Å². The van der Waals surface area contributed by atoms with Gasteiger partial charge in [0, 0.05) is 49.2 Å². The second kappa shape index (κ2) is 12.5. The van der Waals surface area contributed by atoms with Crippen molar-refractivity contribution in [2.45, 2.75) is 71.8 Å². The molecule has 1 atom stereocenters. The van der Waals surface area contributed by atoms with Gasteiger partial charge in [-0.3, -0.25) is 9.59 Å². The number of nitrogens with zero attached hydrogens (tertiary/aromatic N) is 5. The van der Waals surface area contributed by atoms with E-state index in [1.807, 2.05) is 32.9 Å². The summed E-state index contributed by atoms with van der Waals surface area (Å²) in [4.78, 5) is 35.3. The number of aromatic nitrogens is 3. The van der Waals surface area contributed by atoms with Gasteiger partial charge in [-0.25, -0.2) is 4.98 Å². The van der Waals surface area contributed by atoms with E-state index in [1.54, 1.807) is 17.8 Å². The number of benzene rings is 1. The number of nitrogens with one attached hydrogen (secondary N) is 1. The smallest absolute Gasteiger partial charge is 0.306 e. The zero-order valence-corrected chi connectivity index (χ0v) is 25.3. The Morgan fingerprint density at radius 3 is 2.59 bits per heavy atom. The van der Waals surface area contributed by atoms with E-state index >= 15 is 0 Å². The molecule has 0 bridgehead atoms. The molecule has 41 heavy (non-hydrogen) atoms. The number of carbonyl (C=O) groups is 2. The summed E-state index contributed by atoms with van der Waals surface area (Å²) in [6.07, 6.45) is 8.99. The van der Waals surface area contributed by atoms with Gasteiger partial charge >= 0.3 is 5.97 Å². The summed E-state index contributed by atoms with van der Waals surface area (Å²) in [7, 11) is 0. The summed E-state index contributed by atoms with van der Waals surface area (Å²) >= 11 is 1.41. The van der Waals surface area contributed by atoms with Crippen molar-refractivity contribution in [1.82, 2.24) is 15.2 Å². The third kappa shape index (κ3) is 7.22. The number of anilines is 3. The van der Waals surface area contributed by atoms with Gasteiger partial charge in [-0.05, 0) is 89.5 Å². The molecule has 2 aliphatic rings. The predicted molar refractivity (Wildman–Crippen MR) is 164 cm³/mol. The largest absolute Gasteiger partial charge is 0.460 e. The van der Waals surface area contributed by atoms with Gasteiger partial charge in [0.15, 0.2) is 0 Å². The quantitative estimate of drug-likeness (QED) is 0.321. The maximum Gasteiger partial charge on any atom is 0.306 e. The third-order valence-corrected chi connectivity index (χ3v) is 8.57. The van der Waals surface area contributed by atoms with Crippen molar-refractivity contribution in [3.8, 4) is 10.6 Å². The Bertz CT molecular complexity index is 1360. The van der Waals surface area contributed by atoms with Crippen LogP contribution in [0, 0.1) is 12.8 Å². The number of thiazole rings is 1. The Morgan fingerprint density at radius 1 is 1.07 bits per heavy atom. The minimum Gasteiger partial charge on any atom is -0.460 e. The van der Waals surface area contributed by atoms with Crippen LogP contribution in [0.25, 0.3) is 10.6 Å². The van der Waals surface area contributed by atoms with E-state index in [1.165, 1.54) is 35.4 Å². The Hall–Kier alpha value is -3.53. The van der Waals surface area contributed by atoms with Gasteiger partial charge in [-0.1, -0.05) is 0 Å². The number of rotatable bonds is 8.